The minimum Gasteiger partial charge on any atom is -0.379 e. The Hall–Kier alpha value is -1.43. The zero-order valence-electron chi connectivity index (χ0n) is 8.24. The highest BCUT2D eigenvalue weighted by Crippen LogP contribution is 2.15. The Balaban J connectivity index is 2.05. The van der Waals surface area contributed by atoms with E-state index in [4.69, 9.17) is 10.5 Å². The molecule has 0 saturated carbocycles. The Kier molecular flexibility index (Phi) is 2.96. The molecule has 1 aliphatic rings. The van der Waals surface area contributed by atoms with Crippen molar-refractivity contribution in [2.45, 2.75) is 18.9 Å². The average molecular weight is 212 g/mol. The minimum atomic E-state index is -0.491. The smallest absolute Gasteiger partial charge is 0.222 e. The standard InChI is InChI=1S/C9H13FN4O/c10-7-4-12-9(11)14-8(7)13-6-2-1-3-15-5-6/h4,6H,1-3,5H2,(H3,11,12,13,14). The van der Waals surface area contributed by atoms with Gasteiger partial charge < -0.3 is 15.8 Å². The van der Waals surface area contributed by atoms with Gasteiger partial charge in [-0.05, 0) is 12.8 Å². The van der Waals surface area contributed by atoms with Crippen LogP contribution in [0.4, 0.5) is 16.2 Å². The third-order valence-corrected chi connectivity index (χ3v) is 2.26. The van der Waals surface area contributed by atoms with Gasteiger partial charge >= 0.3 is 0 Å². The summed E-state index contributed by atoms with van der Waals surface area (Å²) in [5.41, 5.74) is 5.37. The van der Waals surface area contributed by atoms with Crippen LogP contribution in [-0.2, 0) is 4.74 Å². The van der Waals surface area contributed by atoms with Crippen LogP contribution in [0.3, 0.4) is 0 Å². The SMILES string of the molecule is Nc1ncc(F)c(NC2CCCOC2)n1. The normalized spacial score (nSPS) is 21.3. The Labute approximate surface area is 86.9 Å². The lowest BCUT2D eigenvalue weighted by molar-refractivity contribution is 0.0874. The van der Waals surface area contributed by atoms with Crippen LogP contribution < -0.4 is 11.1 Å². The van der Waals surface area contributed by atoms with Crippen molar-refractivity contribution >= 4 is 11.8 Å². The van der Waals surface area contributed by atoms with E-state index in [0.717, 1.165) is 25.6 Å². The maximum absolute atomic E-state index is 13.2. The first-order chi connectivity index (χ1) is 7.25. The lowest BCUT2D eigenvalue weighted by Crippen LogP contribution is -2.30. The molecule has 0 spiro atoms. The molecule has 3 N–H and O–H groups in total. The van der Waals surface area contributed by atoms with Crippen LogP contribution in [0.15, 0.2) is 6.20 Å². The van der Waals surface area contributed by atoms with Crippen LogP contribution in [0.1, 0.15) is 12.8 Å². The molecule has 0 aliphatic carbocycles. The molecule has 1 saturated heterocycles. The summed E-state index contributed by atoms with van der Waals surface area (Å²) >= 11 is 0. The van der Waals surface area contributed by atoms with E-state index in [1.165, 1.54) is 0 Å². The van der Waals surface area contributed by atoms with Crippen LogP contribution in [0.5, 0.6) is 0 Å². The van der Waals surface area contributed by atoms with Crippen LogP contribution in [0.2, 0.25) is 0 Å². The highest BCUT2D eigenvalue weighted by atomic mass is 19.1. The number of nitrogens with zero attached hydrogens (tertiary/aromatic N) is 2. The number of hydrogen-bond acceptors (Lipinski definition) is 5. The van der Waals surface area contributed by atoms with E-state index >= 15 is 0 Å². The van der Waals surface area contributed by atoms with Gasteiger partial charge in [-0.3, -0.25) is 0 Å². The molecule has 2 heterocycles. The number of halogens is 1. The summed E-state index contributed by atoms with van der Waals surface area (Å²) in [5, 5.41) is 2.96. The summed E-state index contributed by atoms with van der Waals surface area (Å²) in [6.45, 7) is 1.34. The fourth-order valence-electron chi connectivity index (χ4n) is 1.53. The van der Waals surface area contributed by atoms with Gasteiger partial charge in [0.25, 0.3) is 0 Å². The fraction of sp³-hybridized carbons (Fsp3) is 0.556. The van der Waals surface area contributed by atoms with Crippen LogP contribution >= 0.6 is 0 Å². The lowest BCUT2D eigenvalue weighted by atomic mass is 10.1. The molecule has 1 unspecified atom stereocenters. The quantitative estimate of drug-likeness (QED) is 0.758. The third-order valence-electron chi connectivity index (χ3n) is 2.26. The van der Waals surface area contributed by atoms with Crippen molar-refractivity contribution in [2.75, 3.05) is 24.3 Å². The first-order valence-corrected chi connectivity index (χ1v) is 4.88. The van der Waals surface area contributed by atoms with Crippen molar-refractivity contribution in [3.05, 3.63) is 12.0 Å². The predicted octanol–water partition coefficient (Wildman–Crippen LogP) is 0.789. The number of rotatable bonds is 2. The van der Waals surface area contributed by atoms with Gasteiger partial charge in [0.2, 0.25) is 5.95 Å². The number of hydrogen-bond donors (Lipinski definition) is 2. The van der Waals surface area contributed by atoms with Crippen LogP contribution in [-0.4, -0.2) is 29.2 Å². The molecule has 15 heavy (non-hydrogen) atoms. The number of nitrogen functional groups attached to an aromatic ring is 1. The first kappa shape index (κ1) is 10.1. The monoisotopic (exact) mass is 212 g/mol. The van der Waals surface area contributed by atoms with Crippen molar-refractivity contribution in [1.82, 2.24) is 9.97 Å². The summed E-state index contributed by atoms with van der Waals surface area (Å²) < 4.78 is 18.5. The largest absolute Gasteiger partial charge is 0.379 e. The third kappa shape index (κ3) is 2.53. The zero-order chi connectivity index (χ0) is 10.7. The molecule has 5 nitrogen and oxygen atoms in total. The maximum Gasteiger partial charge on any atom is 0.222 e. The second kappa shape index (κ2) is 4.39. The molecule has 1 aromatic heterocycles. The summed E-state index contributed by atoms with van der Waals surface area (Å²) in [5.74, 6) is -0.275. The van der Waals surface area contributed by atoms with Gasteiger partial charge in [-0.2, -0.15) is 4.98 Å². The van der Waals surface area contributed by atoms with Gasteiger partial charge in [0.1, 0.15) is 0 Å². The van der Waals surface area contributed by atoms with Crippen molar-refractivity contribution in [1.29, 1.82) is 0 Å². The van der Waals surface area contributed by atoms with Gasteiger partial charge in [-0.25, -0.2) is 9.37 Å². The van der Waals surface area contributed by atoms with Gasteiger partial charge in [0, 0.05) is 6.61 Å². The van der Waals surface area contributed by atoms with Crippen molar-refractivity contribution < 1.29 is 9.13 Å². The van der Waals surface area contributed by atoms with E-state index in [2.05, 4.69) is 15.3 Å². The molecular formula is C9H13FN4O. The van der Waals surface area contributed by atoms with Crippen molar-refractivity contribution in [3.8, 4) is 0 Å². The van der Waals surface area contributed by atoms with Crippen molar-refractivity contribution in [2.24, 2.45) is 0 Å². The first-order valence-electron chi connectivity index (χ1n) is 4.88. The molecular weight excluding hydrogens is 199 g/mol. The van der Waals surface area contributed by atoms with Crippen LogP contribution in [0.25, 0.3) is 0 Å². The molecule has 1 fully saturated rings. The summed E-state index contributed by atoms with van der Waals surface area (Å²) in [6, 6.07) is 0.0996. The fourth-order valence-corrected chi connectivity index (χ4v) is 1.53. The highest BCUT2D eigenvalue weighted by molar-refractivity contribution is 5.40. The predicted molar refractivity (Wildman–Crippen MR) is 53.9 cm³/mol. The number of aromatic nitrogens is 2. The number of nitrogens with one attached hydrogen (secondary N) is 1. The van der Waals surface area contributed by atoms with E-state index in [0.29, 0.717) is 6.61 Å². The highest BCUT2D eigenvalue weighted by Gasteiger charge is 2.16. The Morgan fingerprint density at radius 2 is 2.47 bits per heavy atom. The second-order valence-corrected chi connectivity index (χ2v) is 3.48. The topological polar surface area (TPSA) is 73.1 Å². The van der Waals surface area contributed by atoms with Gasteiger partial charge in [-0.15, -0.1) is 0 Å². The molecule has 1 atom stereocenters. The molecule has 0 bridgehead atoms. The Morgan fingerprint density at radius 3 is 3.20 bits per heavy atom. The lowest BCUT2D eigenvalue weighted by Gasteiger charge is -2.23. The van der Waals surface area contributed by atoms with Crippen LogP contribution in [0, 0.1) is 5.82 Å². The number of nitrogens with two attached hydrogens (primary N) is 1. The molecule has 0 aromatic carbocycles. The van der Waals surface area contributed by atoms with Crippen molar-refractivity contribution in [3.63, 3.8) is 0 Å². The number of ether oxygens (including phenoxy) is 1. The maximum atomic E-state index is 13.2. The molecule has 1 aliphatic heterocycles. The average Bonchev–Trinajstić information content (AvgIpc) is 2.25. The summed E-state index contributed by atoms with van der Waals surface area (Å²) in [7, 11) is 0. The van der Waals surface area contributed by atoms with E-state index in [1.807, 2.05) is 0 Å². The summed E-state index contributed by atoms with van der Waals surface area (Å²) in [6.07, 6.45) is 2.98. The second-order valence-electron chi connectivity index (χ2n) is 3.48. The van der Waals surface area contributed by atoms with Gasteiger partial charge in [-0.1, -0.05) is 0 Å². The van der Waals surface area contributed by atoms with Gasteiger partial charge in [0.15, 0.2) is 11.6 Å². The Morgan fingerprint density at radius 1 is 1.60 bits per heavy atom. The number of anilines is 2. The molecule has 0 amide bonds. The molecule has 1 aromatic rings. The van der Waals surface area contributed by atoms with E-state index in [-0.39, 0.29) is 17.8 Å². The molecule has 82 valence electrons. The zero-order valence-corrected chi connectivity index (χ0v) is 8.24. The Bertz CT molecular complexity index is 341. The molecule has 2 rings (SSSR count). The molecule has 6 heteroatoms. The van der Waals surface area contributed by atoms with E-state index in [1.54, 1.807) is 0 Å². The van der Waals surface area contributed by atoms with E-state index < -0.39 is 5.82 Å². The molecule has 0 radical (unpaired) electrons. The van der Waals surface area contributed by atoms with Gasteiger partial charge in [0.05, 0.1) is 18.8 Å². The minimum absolute atomic E-state index is 0.0654. The van der Waals surface area contributed by atoms with E-state index in [9.17, 15) is 4.39 Å². The summed E-state index contributed by atoms with van der Waals surface area (Å²) in [4.78, 5) is 7.34.